The molecule has 1 heterocycles. The topological polar surface area (TPSA) is 101 Å². The lowest BCUT2D eigenvalue weighted by molar-refractivity contribution is -0.139. The highest BCUT2D eigenvalue weighted by Gasteiger charge is 2.22. The molecular weight excluding hydrogens is 348 g/mol. The van der Waals surface area contributed by atoms with E-state index in [0.29, 0.717) is 12.4 Å². The maximum Gasteiger partial charge on any atom is 0.407 e. The van der Waals surface area contributed by atoms with Crippen LogP contribution in [0.3, 0.4) is 0 Å². The van der Waals surface area contributed by atoms with Gasteiger partial charge in [-0.3, -0.25) is 0 Å². The van der Waals surface area contributed by atoms with Gasteiger partial charge in [0.2, 0.25) is 0 Å². The fourth-order valence-electron chi connectivity index (χ4n) is 2.78. The lowest BCUT2D eigenvalue weighted by Gasteiger charge is -2.13. The average Bonchev–Trinajstić information content (AvgIpc) is 3.08. The molecule has 140 valence electrons. The van der Waals surface area contributed by atoms with Gasteiger partial charge in [-0.15, -0.1) is 0 Å². The molecule has 0 aliphatic carbocycles. The van der Waals surface area contributed by atoms with E-state index in [-0.39, 0.29) is 6.42 Å². The Kier molecular flexibility index (Phi) is 5.61. The molecule has 0 aliphatic rings. The van der Waals surface area contributed by atoms with E-state index < -0.39 is 18.1 Å². The lowest BCUT2D eigenvalue weighted by Crippen LogP contribution is -2.42. The van der Waals surface area contributed by atoms with E-state index in [1.807, 2.05) is 48.5 Å². The first-order chi connectivity index (χ1) is 13.1. The number of carbonyl (C=O) groups excluding carboxylic acids is 1. The summed E-state index contributed by atoms with van der Waals surface area (Å²) in [5.74, 6) is -0.453. The van der Waals surface area contributed by atoms with Crippen LogP contribution in [0.25, 0.3) is 10.9 Å². The van der Waals surface area contributed by atoms with Crippen LogP contribution in [0.15, 0.2) is 54.7 Å². The predicted molar refractivity (Wildman–Crippen MR) is 99.7 cm³/mol. The van der Waals surface area contributed by atoms with E-state index in [1.165, 1.54) is 7.11 Å². The van der Waals surface area contributed by atoms with E-state index in [0.717, 1.165) is 22.0 Å². The molecule has 0 unspecified atom stereocenters. The van der Waals surface area contributed by atoms with Crippen LogP contribution in [0.2, 0.25) is 0 Å². The third-order valence-electron chi connectivity index (χ3n) is 4.19. The smallest absolute Gasteiger partial charge is 0.407 e. The second-order valence-electron chi connectivity index (χ2n) is 6.03. The molecule has 3 aromatic rings. The minimum Gasteiger partial charge on any atom is -0.489 e. The highest BCUT2D eigenvalue weighted by Crippen LogP contribution is 2.25. The zero-order valence-electron chi connectivity index (χ0n) is 14.8. The van der Waals surface area contributed by atoms with E-state index in [1.54, 1.807) is 6.20 Å². The van der Waals surface area contributed by atoms with E-state index in [4.69, 9.17) is 4.74 Å². The first-order valence-electron chi connectivity index (χ1n) is 8.41. The number of alkyl carbamates (subject to hydrolysis) is 1. The number of rotatable bonds is 7. The summed E-state index contributed by atoms with van der Waals surface area (Å²) in [6.45, 7) is 0.438. The number of benzene rings is 2. The number of aliphatic carboxylic acids is 1. The number of nitrogens with one attached hydrogen (secondary N) is 2. The maximum atomic E-state index is 11.4. The van der Waals surface area contributed by atoms with Crippen molar-refractivity contribution in [1.82, 2.24) is 10.3 Å². The molecule has 0 saturated carbocycles. The number of H-pyrrole nitrogens is 1. The first-order valence-corrected chi connectivity index (χ1v) is 8.41. The van der Waals surface area contributed by atoms with Gasteiger partial charge in [-0.05, 0) is 29.3 Å². The van der Waals surface area contributed by atoms with Crippen LogP contribution in [-0.4, -0.2) is 35.3 Å². The summed E-state index contributed by atoms with van der Waals surface area (Å²) in [6, 6.07) is 14.3. The van der Waals surface area contributed by atoms with Crippen LogP contribution in [-0.2, 0) is 22.6 Å². The molecule has 3 rings (SSSR count). The van der Waals surface area contributed by atoms with Crippen LogP contribution < -0.4 is 10.1 Å². The number of hydrogen-bond donors (Lipinski definition) is 3. The Morgan fingerprint density at radius 2 is 1.96 bits per heavy atom. The minimum atomic E-state index is -1.13. The molecule has 2 aromatic carbocycles. The van der Waals surface area contributed by atoms with Crippen molar-refractivity contribution in [3.05, 3.63) is 65.9 Å². The van der Waals surface area contributed by atoms with E-state index in [9.17, 15) is 14.7 Å². The number of carboxylic acid groups (broad SMARTS) is 1. The number of carbonyl (C=O) groups is 2. The molecule has 1 amide bonds. The molecule has 0 bridgehead atoms. The summed E-state index contributed by atoms with van der Waals surface area (Å²) in [4.78, 5) is 25.9. The molecule has 7 nitrogen and oxygen atoms in total. The Bertz CT molecular complexity index is 936. The molecule has 1 aromatic heterocycles. The maximum absolute atomic E-state index is 11.4. The number of amides is 1. The number of methoxy groups -OCH3 is 1. The second kappa shape index (κ2) is 8.27. The zero-order valence-corrected chi connectivity index (χ0v) is 14.8. The summed E-state index contributed by atoms with van der Waals surface area (Å²) in [5, 5.41) is 12.5. The summed E-state index contributed by atoms with van der Waals surface area (Å²) in [5.41, 5.74) is 2.68. The summed E-state index contributed by atoms with van der Waals surface area (Å²) < 4.78 is 10.3. The fourth-order valence-corrected chi connectivity index (χ4v) is 2.78. The Morgan fingerprint density at radius 1 is 1.19 bits per heavy atom. The minimum absolute atomic E-state index is 0.118. The SMILES string of the molecule is COC(=O)N[C@@H](Cc1c[nH]c2ccc(OCc3ccccc3)cc12)C(=O)O. The highest BCUT2D eigenvalue weighted by molar-refractivity contribution is 5.86. The predicted octanol–water partition coefficient (Wildman–Crippen LogP) is 3.10. The van der Waals surface area contributed by atoms with Gasteiger partial charge >= 0.3 is 12.1 Å². The fraction of sp³-hybridized carbons (Fsp3) is 0.200. The third-order valence-corrected chi connectivity index (χ3v) is 4.19. The quantitative estimate of drug-likeness (QED) is 0.595. The number of aromatic nitrogens is 1. The van der Waals surface area contributed by atoms with E-state index in [2.05, 4.69) is 15.0 Å². The van der Waals surface area contributed by atoms with Crippen molar-refractivity contribution in [1.29, 1.82) is 0 Å². The van der Waals surface area contributed by atoms with Gasteiger partial charge in [0, 0.05) is 23.5 Å². The lowest BCUT2D eigenvalue weighted by atomic mass is 10.0. The first kappa shape index (κ1) is 18.3. The van der Waals surface area contributed by atoms with Crippen molar-refractivity contribution in [2.75, 3.05) is 7.11 Å². The Hall–Kier alpha value is -3.48. The van der Waals surface area contributed by atoms with Crippen LogP contribution in [0, 0.1) is 0 Å². The third kappa shape index (κ3) is 4.58. The van der Waals surface area contributed by atoms with Gasteiger partial charge in [0.05, 0.1) is 7.11 Å². The van der Waals surface area contributed by atoms with Gasteiger partial charge in [0.15, 0.2) is 0 Å². The normalized spacial score (nSPS) is 11.7. The van der Waals surface area contributed by atoms with Gasteiger partial charge in [-0.2, -0.15) is 0 Å². The van der Waals surface area contributed by atoms with Gasteiger partial charge < -0.3 is 24.9 Å². The summed E-state index contributed by atoms with van der Waals surface area (Å²) in [6.07, 6.45) is 1.07. The molecular formula is C20H20N2O5. The van der Waals surface area contributed by atoms with E-state index >= 15 is 0 Å². The molecule has 1 atom stereocenters. The molecule has 0 aliphatic heterocycles. The molecule has 0 fully saturated rings. The summed E-state index contributed by atoms with van der Waals surface area (Å²) >= 11 is 0. The Labute approximate surface area is 155 Å². The van der Waals surface area contributed by atoms with Crippen molar-refractivity contribution < 1.29 is 24.2 Å². The Morgan fingerprint density at radius 3 is 2.67 bits per heavy atom. The zero-order chi connectivity index (χ0) is 19.2. The van der Waals surface area contributed by atoms with Gasteiger partial charge in [-0.1, -0.05) is 30.3 Å². The van der Waals surface area contributed by atoms with Crippen LogP contribution >= 0.6 is 0 Å². The Balaban J connectivity index is 1.77. The number of ether oxygens (including phenoxy) is 2. The van der Waals surface area contributed by atoms with Crippen molar-refractivity contribution >= 4 is 23.0 Å². The van der Waals surface area contributed by atoms with Gasteiger partial charge in [-0.25, -0.2) is 9.59 Å². The monoisotopic (exact) mass is 368 g/mol. The molecule has 7 heteroatoms. The second-order valence-corrected chi connectivity index (χ2v) is 6.03. The van der Waals surface area contributed by atoms with Crippen molar-refractivity contribution in [3.8, 4) is 5.75 Å². The molecule has 0 spiro atoms. The largest absolute Gasteiger partial charge is 0.489 e. The van der Waals surface area contributed by atoms with Crippen LogP contribution in [0.1, 0.15) is 11.1 Å². The van der Waals surface area contributed by atoms with Gasteiger partial charge in [0.25, 0.3) is 0 Å². The number of carboxylic acids is 1. The van der Waals surface area contributed by atoms with Crippen molar-refractivity contribution in [2.24, 2.45) is 0 Å². The molecule has 0 radical (unpaired) electrons. The average molecular weight is 368 g/mol. The standard InChI is InChI=1S/C20H20N2O5/c1-26-20(25)22-18(19(23)24)9-14-11-21-17-8-7-15(10-16(14)17)27-12-13-5-3-2-4-6-13/h2-8,10-11,18,21H,9,12H2,1H3,(H,22,25)(H,23,24)/t18-/m0/s1. The van der Waals surface area contributed by atoms with Crippen molar-refractivity contribution in [2.45, 2.75) is 19.1 Å². The molecule has 3 N–H and O–H groups in total. The summed E-state index contributed by atoms with van der Waals surface area (Å²) in [7, 11) is 1.19. The van der Waals surface area contributed by atoms with Crippen LogP contribution in [0.5, 0.6) is 5.75 Å². The number of hydrogen-bond acceptors (Lipinski definition) is 4. The number of aromatic amines is 1. The van der Waals surface area contributed by atoms with Crippen LogP contribution in [0.4, 0.5) is 4.79 Å². The molecule has 0 saturated heterocycles. The van der Waals surface area contributed by atoms with Crippen molar-refractivity contribution in [3.63, 3.8) is 0 Å². The number of fused-ring (bicyclic) bond motifs is 1. The highest BCUT2D eigenvalue weighted by atomic mass is 16.5. The molecule has 27 heavy (non-hydrogen) atoms. The van der Waals surface area contributed by atoms with Gasteiger partial charge in [0.1, 0.15) is 18.4 Å².